The summed E-state index contributed by atoms with van der Waals surface area (Å²) in [5.41, 5.74) is 1.52. The first-order valence-corrected chi connectivity index (χ1v) is 11.5. The van der Waals surface area contributed by atoms with Gasteiger partial charge in [0.1, 0.15) is 5.75 Å². The molecule has 6 heteroatoms. The summed E-state index contributed by atoms with van der Waals surface area (Å²) in [5.74, 6) is 1.28. The molecule has 0 bridgehead atoms. The Morgan fingerprint density at radius 3 is 2.83 bits per heavy atom. The molecule has 0 atom stereocenters. The molecule has 0 aromatic heterocycles. The maximum absolute atomic E-state index is 12.9. The molecule has 0 aliphatic carbocycles. The number of amides is 2. The van der Waals surface area contributed by atoms with E-state index in [0.29, 0.717) is 44.3 Å². The molecule has 1 aliphatic heterocycles. The average molecular weight is 418 g/mol. The Bertz CT molecular complexity index is 676. The summed E-state index contributed by atoms with van der Waals surface area (Å²) in [5, 5.41) is 6.06. The summed E-state index contributed by atoms with van der Waals surface area (Å²) >= 11 is 0. The van der Waals surface area contributed by atoms with Crippen LogP contribution in [0.5, 0.6) is 5.75 Å². The van der Waals surface area contributed by atoms with Crippen molar-refractivity contribution in [1.82, 2.24) is 15.5 Å². The standard InChI is InChI=1S/C24H39N3O3/c1-4-5-13-26-24(29)20-10-9-11-22-21(20)17-27(15-12-19(2)3)18-23(28)25-14-7-6-8-16-30-22/h9-11,19H,4-8,12-18H2,1-3H3,(H,25,28)(H,26,29). The smallest absolute Gasteiger partial charge is 0.251 e. The number of hydrogen-bond donors (Lipinski definition) is 2. The lowest BCUT2D eigenvalue weighted by Gasteiger charge is -2.25. The van der Waals surface area contributed by atoms with Crippen LogP contribution in [0.15, 0.2) is 18.2 Å². The highest BCUT2D eigenvalue weighted by molar-refractivity contribution is 5.96. The number of carbonyl (C=O) groups is 2. The van der Waals surface area contributed by atoms with Gasteiger partial charge in [-0.25, -0.2) is 0 Å². The van der Waals surface area contributed by atoms with Crippen LogP contribution in [0, 0.1) is 5.92 Å². The van der Waals surface area contributed by atoms with Crippen molar-refractivity contribution in [3.05, 3.63) is 29.3 Å². The number of benzene rings is 1. The van der Waals surface area contributed by atoms with Gasteiger partial charge in [-0.2, -0.15) is 0 Å². The topological polar surface area (TPSA) is 70.7 Å². The van der Waals surface area contributed by atoms with Crippen LogP contribution in [0.3, 0.4) is 0 Å². The predicted octanol–water partition coefficient (Wildman–Crippen LogP) is 3.74. The first kappa shape index (κ1) is 24.2. The largest absolute Gasteiger partial charge is 0.493 e. The van der Waals surface area contributed by atoms with Crippen LogP contribution in [0.2, 0.25) is 0 Å². The van der Waals surface area contributed by atoms with Crippen molar-refractivity contribution in [1.29, 1.82) is 0 Å². The van der Waals surface area contributed by atoms with Gasteiger partial charge in [0.15, 0.2) is 0 Å². The van der Waals surface area contributed by atoms with Gasteiger partial charge in [0.2, 0.25) is 5.91 Å². The molecule has 30 heavy (non-hydrogen) atoms. The molecule has 0 unspecified atom stereocenters. The van der Waals surface area contributed by atoms with E-state index in [1.807, 2.05) is 18.2 Å². The molecule has 168 valence electrons. The van der Waals surface area contributed by atoms with Crippen molar-refractivity contribution in [2.75, 3.05) is 32.8 Å². The Morgan fingerprint density at radius 2 is 2.07 bits per heavy atom. The lowest BCUT2D eigenvalue weighted by molar-refractivity contribution is -0.122. The minimum Gasteiger partial charge on any atom is -0.493 e. The van der Waals surface area contributed by atoms with Crippen molar-refractivity contribution in [2.45, 2.75) is 65.8 Å². The van der Waals surface area contributed by atoms with Crippen LogP contribution >= 0.6 is 0 Å². The number of unbranched alkanes of at least 4 members (excludes halogenated alkanes) is 1. The molecule has 2 amide bonds. The quantitative estimate of drug-likeness (QED) is 0.663. The molecule has 1 aromatic carbocycles. The Morgan fingerprint density at radius 1 is 1.23 bits per heavy atom. The van der Waals surface area contributed by atoms with E-state index in [0.717, 1.165) is 56.4 Å². The fourth-order valence-corrected chi connectivity index (χ4v) is 3.50. The Labute approximate surface area is 181 Å². The summed E-state index contributed by atoms with van der Waals surface area (Å²) in [6, 6.07) is 5.69. The summed E-state index contributed by atoms with van der Waals surface area (Å²) < 4.78 is 6.11. The number of rotatable bonds is 7. The molecule has 0 radical (unpaired) electrons. The predicted molar refractivity (Wildman–Crippen MR) is 121 cm³/mol. The molecule has 0 fully saturated rings. The zero-order chi connectivity index (χ0) is 21.8. The minimum atomic E-state index is -0.0681. The molecule has 6 nitrogen and oxygen atoms in total. The highest BCUT2D eigenvalue weighted by Gasteiger charge is 2.20. The minimum absolute atomic E-state index is 0.0466. The molecule has 0 spiro atoms. The Balaban J connectivity index is 2.30. The van der Waals surface area contributed by atoms with Crippen LogP contribution in [-0.4, -0.2) is 49.5 Å². The number of nitrogens with one attached hydrogen (secondary N) is 2. The lowest BCUT2D eigenvalue weighted by atomic mass is 10.0. The van der Waals surface area contributed by atoms with E-state index in [9.17, 15) is 9.59 Å². The molecule has 1 aromatic rings. The highest BCUT2D eigenvalue weighted by Crippen LogP contribution is 2.25. The van der Waals surface area contributed by atoms with Gasteiger partial charge in [-0.15, -0.1) is 0 Å². The fourth-order valence-electron chi connectivity index (χ4n) is 3.50. The van der Waals surface area contributed by atoms with Crippen LogP contribution in [0.4, 0.5) is 0 Å². The third-order valence-corrected chi connectivity index (χ3v) is 5.37. The average Bonchev–Trinajstić information content (AvgIpc) is 2.73. The van der Waals surface area contributed by atoms with Gasteiger partial charge in [0.05, 0.1) is 13.2 Å². The normalized spacial score (nSPS) is 16.5. The van der Waals surface area contributed by atoms with E-state index < -0.39 is 0 Å². The van der Waals surface area contributed by atoms with E-state index in [2.05, 4.69) is 36.3 Å². The number of hydrogen-bond acceptors (Lipinski definition) is 4. The highest BCUT2D eigenvalue weighted by atomic mass is 16.5. The summed E-state index contributed by atoms with van der Waals surface area (Å²) in [6.45, 7) is 10.1. The number of nitrogens with zero attached hydrogens (tertiary/aromatic N) is 1. The zero-order valence-electron chi connectivity index (χ0n) is 19.0. The second kappa shape index (κ2) is 13.3. The van der Waals surface area contributed by atoms with E-state index in [4.69, 9.17) is 4.74 Å². The Kier molecular flexibility index (Phi) is 10.7. The summed E-state index contributed by atoms with van der Waals surface area (Å²) in [4.78, 5) is 27.5. The number of carbonyl (C=O) groups excluding carboxylic acids is 2. The molecule has 0 saturated heterocycles. The fraction of sp³-hybridized carbons (Fsp3) is 0.667. The van der Waals surface area contributed by atoms with Gasteiger partial charge in [-0.05, 0) is 56.7 Å². The second-order valence-electron chi connectivity index (χ2n) is 8.54. The van der Waals surface area contributed by atoms with Crippen molar-refractivity contribution in [2.24, 2.45) is 5.92 Å². The van der Waals surface area contributed by atoms with E-state index in [1.165, 1.54) is 0 Å². The first-order chi connectivity index (χ1) is 14.5. The molecular formula is C24H39N3O3. The second-order valence-corrected chi connectivity index (χ2v) is 8.54. The van der Waals surface area contributed by atoms with Crippen LogP contribution < -0.4 is 15.4 Å². The molecule has 1 heterocycles. The SMILES string of the molecule is CCCCNC(=O)c1cccc2c1CN(CCC(C)C)CC(=O)NCCCCCO2. The van der Waals surface area contributed by atoms with Crippen LogP contribution in [0.25, 0.3) is 0 Å². The molecule has 2 rings (SSSR count). The van der Waals surface area contributed by atoms with Gasteiger partial charge >= 0.3 is 0 Å². The van der Waals surface area contributed by atoms with Gasteiger partial charge in [-0.1, -0.05) is 33.3 Å². The monoisotopic (exact) mass is 417 g/mol. The first-order valence-electron chi connectivity index (χ1n) is 11.5. The maximum Gasteiger partial charge on any atom is 0.251 e. The third-order valence-electron chi connectivity index (χ3n) is 5.37. The van der Waals surface area contributed by atoms with Crippen molar-refractivity contribution < 1.29 is 14.3 Å². The summed E-state index contributed by atoms with van der Waals surface area (Å²) in [7, 11) is 0. The van der Waals surface area contributed by atoms with Crippen LogP contribution in [-0.2, 0) is 11.3 Å². The van der Waals surface area contributed by atoms with E-state index >= 15 is 0 Å². The van der Waals surface area contributed by atoms with E-state index in [1.54, 1.807) is 0 Å². The van der Waals surface area contributed by atoms with Gasteiger partial charge in [0, 0.05) is 30.8 Å². The van der Waals surface area contributed by atoms with Crippen molar-refractivity contribution in [3.63, 3.8) is 0 Å². The van der Waals surface area contributed by atoms with E-state index in [-0.39, 0.29) is 11.8 Å². The number of ether oxygens (including phenoxy) is 1. The zero-order valence-corrected chi connectivity index (χ0v) is 19.0. The molecule has 2 N–H and O–H groups in total. The molecule has 1 aliphatic rings. The molecular weight excluding hydrogens is 378 g/mol. The number of fused-ring (bicyclic) bond motifs is 1. The van der Waals surface area contributed by atoms with Crippen molar-refractivity contribution >= 4 is 11.8 Å². The van der Waals surface area contributed by atoms with Gasteiger partial charge in [-0.3, -0.25) is 14.5 Å². The third kappa shape index (κ3) is 8.34. The summed E-state index contributed by atoms with van der Waals surface area (Å²) in [6.07, 6.45) is 5.87. The Hall–Kier alpha value is -2.08. The maximum atomic E-state index is 12.9. The lowest BCUT2D eigenvalue weighted by Crippen LogP contribution is -2.38. The van der Waals surface area contributed by atoms with Gasteiger partial charge in [0.25, 0.3) is 5.91 Å². The molecule has 0 saturated carbocycles. The van der Waals surface area contributed by atoms with Crippen LogP contribution in [0.1, 0.15) is 75.2 Å². The van der Waals surface area contributed by atoms with Gasteiger partial charge < -0.3 is 15.4 Å². The van der Waals surface area contributed by atoms with Crippen molar-refractivity contribution in [3.8, 4) is 5.75 Å².